The standard InChI is InChI=1S/C11H10N4O2/c16-9-7-3-1-2-4-8(7)10(17)15(9)14-11-12-5-6-13-11/h1-4H,5-6H2,(H2,12,13,14). The summed E-state index contributed by atoms with van der Waals surface area (Å²) in [5.41, 5.74) is 3.54. The summed E-state index contributed by atoms with van der Waals surface area (Å²) in [5, 5.41) is 3.93. The maximum atomic E-state index is 12.0. The van der Waals surface area contributed by atoms with Crippen molar-refractivity contribution in [1.82, 2.24) is 15.8 Å². The van der Waals surface area contributed by atoms with Crippen LogP contribution in [0.3, 0.4) is 0 Å². The van der Waals surface area contributed by atoms with Gasteiger partial charge in [0, 0.05) is 6.54 Å². The van der Waals surface area contributed by atoms with E-state index < -0.39 is 0 Å². The van der Waals surface area contributed by atoms with Crippen LogP contribution >= 0.6 is 0 Å². The molecular formula is C11H10N4O2. The molecule has 3 rings (SSSR count). The zero-order chi connectivity index (χ0) is 11.8. The highest BCUT2D eigenvalue weighted by Crippen LogP contribution is 2.20. The van der Waals surface area contributed by atoms with Crippen molar-refractivity contribution in [3.8, 4) is 0 Å². The normalized spacial score (nSPS) is 17.9. The molecule has 2 aliphatic heterocycles. The van der Waals surface area contributed by atoms with E-state index in [4.69, 9.17) is 0 Å². The van der Waals surface area contributed by atoms with Gasteiger partial charge in [0.1, 0.15) is 0 Å². The van der Waals surface area contributed by atoms with Crippen molar-refractivity contribution >= 4 is 17.8 Å². The molecule has 17 heavy (non-hydrogen) atoms. The quantitative estimate of drug-likeness (QED) is 0.652. The van der Waals surface area contributed by atoms with Gasteiger partial charge in [-0.25, -0.2) is 0 Å². The Balaban J connectivity index is 1.90. The number of aliphatic imine (C=N–C) groups is 1. The molecule has 86 valence electrons. The summed E-state index contributed by atoms with van der Waals surface area (Å²) >= 11 is 0. The maximum Gasteiger partial charge on any atom is 0.280 e. The Kier molecular flexibility index (Phi) is 2.07. The number of hydrogen-bond donors (Lipinski definition) is 2. The topological polar surface area (TPSA) is 73.8 Å². The maximum absolute atomic E-state index is 12.0. The lowest BCUT2D eigenvalue weighted by atomic mass is 10.1. The molecule has 0 saturated heterocycles. The molecule has 0 unspecified atom stereocenters. The number of fused-ring (bicyclic) bond motifs is 1. The van der Waals surface area contributed by atoms with Gasteiger partial charge in [-0.15, -0.1) is 0 Å². The van der Waals surface area contributed by atoms with Crippen molar-refractivity contribution in [1.29, 1.82) is 0 Å². The van der Waals surface area contributed by atoms with E-state index in [2.05, 4.69) is 15.7 Å². The minimum Gasteiger partial charge on any atom is -0.353 e. The van der Waals surface area contributed by atoms with Crippen molar-refractivity contribution in [2.24, 2.45) is 4.99 Å². The lowest BCUT2D eigenvalue weighted by Crippen LogP contribution is -2.49. The minimum atomic E-state index is -0.345. The molecule has 6 heteroatoms. The van der Waals surface area contributed by atoms with E-state index in [-0.39, 0.29) is 11.8 Å². The molecular weight excluding hydrogens is 220 g/mol. The molecule has 0 bridgehead atoms. The summed E-state index contributed by atoms with van der Waals surface area (Å²) in [4.78, 5) is 28.0. The number of hydrazine groups is 1. The van der Waals surface area contributed by atoms with Crippen LogP contribution in [0.5, 0.6) is 0 Å². The Labute approximate surface area is 97.3 Å². The van der Waals surface area contributed by atoms with Crippen LogP contribution in [0.2, 0.25) is 0 Å². The summed E-state index contributed by atoms with van der Waals surface area (Å²) in [7, 11) is 0. The molecule has 0 atom stereocenters. The van der Waals surface area contributed by atoms with Crippen LogP contribution in [0, 0.1) is 0 Å². The second kappa shape index (κ2) is 3.58. The van der Waals surface area contributed by atoms with Gasteiger partial charge < -0.3 is 5.32 Å². The van der Waals surface area contributed by atoms with Gasteiger partial charge in [-0.1, -0.05) is 12.1 Å². The Morgan fingerprint density at radius 1 is 1.18 bits per heavy atom. The van der Waals surface area contributed by atoms with Gasteiger partial charge in [0.2, 0.25) is 5.96 Å². The molecule has 2 heterocycles. The fraction of sp³-hybridized carbons (Fsp3) is 0.182. The van der Waals surface area contributed by atoms with E-state index in [1.807, 2.05) is 0 Å². The molecule has 0 aliphatic carbocycles. The van der Waals surface area contributed by atoms with Crippen LogP contribution in [0.1, 0.15) is 20.7 Å². The number of nitrogens with one attached hydrogen (secondary N) is 2. The Bertz CT molecular complexity index is 503. The minimum absolute atomic E-state index is 0.345. The number of guanidine groups is 1. The van der Waals surface area contributed by atoms with E-state index in [9.17, 15) is 9.59 Å². The molecule has 0 saturated carbocycles. The summed E-state index contributed by atoms with van der Waals surface area (Å²) in [6.45, 7) is 1.36. The summed E-state index contributed by atoms with van der Waals surface area (Å²) < 4.78 is 0. The predicted molar refractivity (Wildman–Crippen MR) is 60.4 cm³/mol. The Hall–Kier alpha value is -2.37. The first-order chi connectivity index (χ1) is 8.27. The molecule has 2 N–H and O–H groups in total. The molecule has 1 aromatic rings. The highest BCUT2D eigenvalue weighted by Gasteiger charge is 2.36. The number of amides is 2. The van der Waals surface area contributed by atoms with E-state index in [1.165, 1.54) is 0 Å². The number of carbonyl (C=O) groups is 2. The Morgan fingerprint density at radius 2 is 1.82 bits per heavy atom. The van der Waals surface area contributed by atoms with Crippen molar-refractivity contribution < 1.29 is 9.59 Å². The van der Waals surface area contributed by atoms with E-state index in [0.29, 0.717) is 30.2 Å². The number of nitrogens with zero attached hydrogens (tertiary/aromatic N) is 2. The van der Waals surface area contributed by atoms with Gasteiger partial charge in [-0.05, 0) is 12.1 Å². The number of carbonyl (C=O) groups excluding carboxylic acids is 2. The molecule has 2 aliphatic rings. The van der Waals surface area contributed by atoms with Crippen molar-refractivity contribution in [2.45, 2.75) is 0 Å². The van der Waals surface area contributed by atoms with Gasteiger partial charge in [0.15, 0.2) is 0 Å². The van der Waals surface area contributed by atoms with Crippen LogP contribution in [0.15, 0.2) is 29.3 Å². The van der Waals surface area contributed by atoms with E-state index in [0.717, 1.165) is 5.01 Å². The lowest BCUT2D eigenvalue weighted by molar-refractivity contribution is 0.0610. The molecule has 0 aromatic heterocycles. The Morgan fingerprint density at radius 3 is 2.35 bits per heavy atom. The van der Waals surface area contributed by atoms with Gasteiger partial charge in [0.05, 0.1) is 17.7 Å². The number of rotatable bonds is 1. The smallest absolute Gasteiger partial charge is 0.280 e. The van der Waals surface area contributed by atoms with Crippen LogP contribution < -0.4 is 10.7 Å². The van der Waals surface area contributed by atoms with Gasteiger partial charge in [-0.2, -0.15) is 5.01 Å². The summed E-state index contributed by atoms with van der Waals surface area (Å²) in [6, 6.07) is 6.75. The third-order valence-corrected chi connectivity index (χ3v) is 2.69. The lowest BCUT2D eigenvalue weighted by Gasteiger charge is -2.15. The predicted octanol–water partition coefficient (Wildman–Crippen LogP) is -0.254. The number of benzene rings is 1. The van der Waals surface area contributed by atoms with Crippen molar-refractivity contribution in [2.75, 3.05) is 13.1 Å². The molecule has 0 radical (unpaired) electrons. The molecule has 2 amide bonds. The van der Waals surface area contributed by atoms with Crippen LogP contribution in [0.4, 0.5) is 0 Å². The number of imide groups is 1. The first kappa shape index (κ1) is 9.83. The third kappa shape index (κ3) is 1.45. The average Bonchev–Trinajstić information content (AvgIpc) is 2.94. The van der Waals surface area contributed by atoms with Crippen LogP contribution in [0.25, 0.3) is 0 Å². The molecule has 0 spiro atoms. The number of hydrogen-bond acceptors (Lipinski definition) is 5. The largest absolute Gasteiger partial charge is 0.353 e. The first-order valence-corrected chi connectivity index (χ1v) is 5.30. The fourth-order valence-electron chi connectivity index (χ4n) is 1.87. The third-order valence-electron chi connectivity index (χ3n) is 2.69. The first-order valence-electron chi connectivity index (χ1n) is 5.30. The highest BCUT2D eigenvalue weighted by atomic mass is 16.2. The van der Waals surface area contributed by atoms with Crippen molar-refractivity contribution in [3.63, 3.8) is 0 Å². The van der Waals surface area contributed by atoms with Gasteiger partial charge in [-0.3, -0.25) is 20.0 Å². The second-order valence-electron chi connectivity index (χ2n) is 3.76. The van der Waals surface area contributed by atoms with E-state index >= 15 is 0 Å². The second-order valence-corrected chi connectivity index (χ2v) is 3.76. The fourth-order valence-corrected chi connectivity index (χ4v) is 1.87. The van der Waals surface area contributed by atoms with Gasteiger partial charge >= 0.3 is 0 Å². The highest BCUT2D eigenvalue weighted by molar-refractivity contribution is 6.21. The zero-order valence-corrected chi connectivity index (χ0v) is 8.93. The molecule has 6 nitrogen and oxygen atoms in total. The van der Waals surface area contributed by atoms with Gasteiger partial charge in [0.25, 0.3) is 11.8 Å². The average molecular weight is 230 g/mol. The SMILES string of the molecule is O=C1c2ccccc2C(=O)N1NC1=NCCN1. The zero-order valence-electron chi connectivity index (χ0n) is 8.93. The molecule has 1 aromatic carbocycles. The van der Waals surface area contributed by atoms with Crippen LogP contribution in [-0.4, -0.2) is 35.9 Å². The van der Waals surface area contributed by atoms with E-state index in [1.54, 1.807) is 24.3 Å². The van der Waals surface area contributed by atoms with Crippen LogP contribution in [-0.2, 0) is 0 Å². The summed E-state index contributed by atoms with van der Waals surface area (Å²) in [5.74, 6) is -0.233. The molecule has 0 fully saturated rings. The summed E-state index contributed by atoms with van der Waals surface area (Å²) in [6.07, 6.45) is 0. The van der Waals surface area contributed by atoms with Crippen molar-refractivity contribution in [3.05, 3.63) is 35.4 Å². The monoisotopic (exact) mass is 230 g/mol.